The normalized spacial score (nSPS) is 14.6. The van der Waals surface area contributed by atoms with E-state index in [1.54, 1.807) is 7.11 Å². The minimum atomic E-state index is 0.0881. The first-order chi connectivity index (χ1) is 14.1. The van der Waals surface area contributed by atoms with Gasteiger partial charge in [0.25, 0.3) is 5.91 Å². The zero-order chi connectivity index (χ0) is 20.2. The highest BCUT2D eigenvalue weighted by Crippen LogP contribution is 2.30. The van der Waals surface area contributed by atoms with Gasteiger partial charge in [-0.3, -0.25) is 4.79 Å². The minimum Gasteiger partial charge on any atom is -0.497 e. The van der Waals surface area contributed by atoms with Crippen LogP contribution in [-0.2, 0) is 0 Å². The summed E-state index contributed by atoms with van der Waals surface area (Å²) in [6.45, 7) is 1.42. The molecule has 1 amide bonds. The van der Waals surface area contributed by atoms with Crippen molar-refractivity contribution >= 4 is 11.9 Å². The predicted molar refractivity (Wildman–Crippen MR) is 113 cm³/mol. The van der Waals surface area contributed by atoms with Crippen molar-refractivity contribution in [2.24, 2.45) is 0 Å². The monoisotopic (exact) mass is 388 g/mol. The summed E-state index contributed by atoms with van der Waals surface area (Å²) in [5, 5.41) is 0. The Balaban J connectivity index is 1.48. The van der Waals surface area contributed by atoms with Gasteiger partial charge >= 0.3 is 0 Å². The van der Waals surface area contributed by atoms with E-state index >= 15 is 0 Å². The third-order valence-corrected chi connectivity index (χ3v) is 5.37. The Hall–Kier alpha value is -3.41. The van der Waals surface area contributed by atoms with Gasteiger partial charge in [0.1, 0.15) is 5.75 Å². The summed E-state index contributed by atoms with van der Waals surface area (Å²) < 4.78 is 5.22. The number of nitrogens with two attached hydrogens (primary N) is 1. The van der Waals surface area contributed by atoms with E-state index in [0.29, 0.717) is 13.1 Å². The average molecular weight is 388 g/mol. The summed E-state index contributed by atoms with van der Waals surface area (Å²) in [5.74, 6) is 1.42. The number of benzene rings is 2. The fraction of sp³-hybridized carbons (Fsp3) is 0.261. The summed E-state index contributed by atoms with van der Waals surface area (Å²) in [6, 6.07) is 19.2. The molecule has 2 aromatic carbocycles. The van der Waals surface area contributed by atoms with E-state index < -0.39 is 0 Å². The Bertz CT molecular complexity index is 982. The van der Waals surface area contributed by atoms with Crippen molar-refractivity contribution in [3.05, 3.63) is 71.9 Å². The standard InChI is InChI=1S/C23H24N4O2/c1-29-19-9-7-16(8-10-19)20-15-21(26-23(24)25-20)17-11-13-27(14-12-17)22(28)18-5-3-2-4-6-18/h2-10,15,17H,11-14H2,1H3,(H2,24,25,26). The molecular formula is C23H24N4O2. The highest BCUT2D eigenvalue weighted by Gasteiger charge is 2.26. The maximum atomic E-state index is 12.7. The fourth-order valence-electron chi connectivity index (χ4n) is 3.75. The number of methoxy groups -OCH3 is 1. The summed E-state index contributed by atoms with van der Waals surface area (Å²) in [5.41, 5.74) is 9.45. The zero-order valence-corrected chi connectivity index (χ0v) is 16.4. The molecule has 6 nitrogen and oxygen atoms in total. The smallest absolute Gasteiger partial charge is 0.253 e. The van der Waals surface area contributed by atoms with Crippen LogP contribution in [0.4, 0.5) is 5.95 Å². The second kappa shape index (κ2) is 8.31. The van der Waals surface area contributed by atoms with Crippen molar-refractivity contribution in [3.63, 3.8) is 0 Å². The molecule has 0 saturated carbocycles. The molecular weight excluding hydrogens is 364 g/mol. The number of ether oxygens (including phenoxy) is 1. The van der Waals surface area contributed by atoms with Crippen molar-refractivity contribution in [1.29, 1.82) is 0 Å². The molecule has 6 heteroatoms. The Kier molecular flexibility index (Phi) is 5.42. The van der Waals surface area contributed by atoms with Crippen LogP contribution < -0.4 is 10.5 Å². The Labute approximate surface area is 170 Å². The number of rotatable bonds is 4. The molecule has 1 aliphatic heterocycles. The Morgan fingerprint density at radius 1 is 1.03 bits per heavy atom. The Morgan fingerprint density at radius 3 is 2.38 bits per heavy atom. The van der Waals surface area contributed by atoms with Gasteiger partial charge in [-0.05, 0) is 55.3 Å². The van der Waals surface area contributed by atoms with Crippen LogP contribution in [0, 0.1) is 0 Å². The number of nitrogen functional groups attached to an aromatic ring is 1. The number of amides is 1. The van der Waals surface area contributed by atoms with Crippen LogP contribution in [0.3, 0.4) is 0 Å². The van der Waals surface area contributed by atoms with Crippen molar-refractivity contribution in [2.45, 2.75) is 18.8 Å². The quantitative estimate of drug-likeness (QED) is 0.736. The molecule has 4 rings (SSSR count). The van der Waals surface area contributed by atoms with E-state index in [1.807, 2.05) is 65.6 Å². The molecule has 0 radical (unpaired) electrons. The summed E-state index contributed by atoms with van der Waals surface area (Å²) >= 11 is 0. The van der Waals surface area contributed by atoms with Crippen molar-refractivity contribution in [2.75, 3.05) is 25.9 Å². The van der Waals surface area contributed by atoms with Gasteiger partial charge in [-0.25, -0.2) is 9.97 Å². The molecule has 2 N–H and O–H groups in total. The number of carbonyl (C=O) groups excluding carboxylic acids is 1. The minimum absolute atomic E-state index is 0.0881. The van der Waals surface area contributed by atoms with Crippen LogP contribution in [-0.4, -0.2) is 41.0 Å². The molecule has 0 unspecified atom stereocenters. The fourth-order valence-corrected chi connectivity index (χ4v) is 3.75. The van der Waals surface area contributed by atoms with E-state index in [-0.39, 0.29) is 17.8 Å². The molecule has 0 bridgehead atoms. The molecule has 148 valence electrons. The van der Waals surface area contributed by atoms with Gasteiger partial charge in [0.05, 0.1) is 12.8 Å². The zero-order valence-electron chi connectivity index (χ0n) is 16.4. The lowest BCUT2D eigenvalue weighted by Gasteiger charge is -2.32. The molecule has 3 aromatic rings. The first-order valence-electron chi connectivity index (χ1n) is 9.77. The second-order valence-corrected chi connectivity index (χ2v) is 7.20. The molecule has 0 spiro atoms. The number of anilines is 1. The van der Waals surface area contributed by atoms with Crippen LogP contribution in [0.5, 0.6) is 5.75 Å². The van der Waals surface area contributed by atoms with Crippen molar-refractivity contribution in [1.82, 2.24) is 14.9 Å². The third-order valence-electron chi connectivity index (χ3n) is 5.37. The van der Waals surface area contributed by atoms with Gasteiger partial charge < -0.3 is 15.4 Å². The highest BCUT2D eigenvalue weighted by molar-refractivity contribution is 5.94. The average Bonchev–Trinajstić information content (AvgIpc) is 2.79. The molecule has 1 aliphatic rings. The van der Waals surface area contributed by atoms with E-state index in [9.17, 15) is 4.79 Å². The number of aromatic nitrogens is 2. The topological polar surface area (TPSA) is 81.3 Å². The van der Waals surface area contributed by atoms with Crippen molar-refractivity contribution < 1.29 is 9.53 Å². The second-order valence-electron chi connectivity index (χ2n) is 7.20. The molecule has 1 aromatic heterocycles. The maximum Gasteiger partial charge on any atom is 0.253 e. The van der Waals surface area contributed by atoms with Gasteiger partial charge in [-0.2, -0.15) is 0 Å². The number of hydrogen-bond donors (Lipinski definition) is 1. The van der Waals surface area contributed by atoms with Gasteiger partial charge in [0.15, 0.2) is 0 Å². The first-order valence-corrected chi connectivity index (χ1v) is 9.77. The number of nitrogens with zero attached hydrogens (tertiary/aromatic N) is 3. The van der Waals surface area contributed by atoms with Gasteiger partial charge in [-0.15, -0.1) is 0 Å². The molecule has 2 heterocycles. The molecule has 0 atom stereocenters. The molecule has 1 saturated heterocycles. The van der Waals surface area contributed by atoms with Crippen LogP contribution in [0.2, 0.25) is 0 Å². The largest absolute Gasteiger partial charge is 0.497 e. The highest BCUT2D eigenvalue weighted by atomic mass is 16.5. The van der Waals surface area contributed by atoms with Gasteiger partial charge in [0, 0.05) is 35.8 Å². The Morgan fingerprint density at radius 2 is 1.72 bits per heavy atom. The first kappa shape index (κ1) is 18.9. The lowest BCUT2D eigenvalue weighted by Crippen LogP contribution is -2.38. The van der Waals surface area contributed by atoms with Gasteiger partial charge in [0.2, 0.25) is 5.95 Å². The van der Waals surface area contributed by atoms with Crippen LogP contribution in [0.1, 0.15) is 34.8 Å². The van der Waals surface area contributed by atoms with E-state index in [1.165, 1.54) is 0 Å². The lowest BCUT2D eigenvalue weighted by atomic mass is 9.92. The maximum absolute atomic E-state index is 12.7. The number of hydrogen-bond acceptors (Lipinski definition) is 5. The number of carbonyl (C=O) groups is 1. The van der Waals surface area contributed by atoms with Crippen LogP contribution in [0.25, 0.3) is 11.3 Å². The lowest BCUT2D eigenvalue weighted by molar-refractivity contribution is 0.0712. The predicted octanol–water partition coefficient (Wildman–Crippen LogP) is 3.75. The van der Waals surface area contributed by atoms with E-state index in [0.717, 1.165) is 41.1 Å². The third kappa shape index (κ3) is 4.21. The summed E-state index contributed by atoms with van der Waals surface area (Å²) in [6.07, 6.45) is 1.72. The number of piperidine rings is 1. The molecule has 1 fully saturated rings. The summed E-state index contributed by atoms with van der Waals surface area (Å²) in [7, 11) is 1.64. The SMILES string of the molecule is COc1ccc(-c2cc(C3CCN(C(=O)c4ccccc4)CC3)nc(N)n2)cc1. The summed E-state index contributed by atoms with van der Waals surface area (Å²) in [4.78, 5) is 23.5. The van der Waals surface area contributed by atoms with Crippen LogP contribution >= 0.6 is 0 Å². The molecule has 29 heavy (non-hydrogen) atoms. The van der Waals surface area contributed by atoms with E-state index in [2.05, 4.69) is 9.97 Å². The van der Waals surface area contributed by atoms with Crippen molar-refractivity contribution in [3.8, 4) is 17.0 Å². The number of likely N-dealkylation sites (tertiary alicyclic amines) is 1. The molecule has 0 aliphatic carbocycles. The van der Waals surface area contributed by atoms with Gasteiger partial charge in [-0.1, -0.05) is 18.2 Å². The van der Waals surface area contributed by atoms with Crippen LogP contribution in [0.15, 0.2) is 60.7 Å². The van der Waals surface area contributed by atoms with E-state index in [4.69, 9.17) is 10.5 Å².